The minimum Gasteiger partial charge on any atom is -0.395 e. The third-order valence-corrected chi connectivity index (χ3v) is 2.35. The molecule has 0 aliphatic carbocycles. The number of hydrogen-bond acceptors (Lipinski definition) is 2. The molecule has 0 rings (SSSR count). The van der Waals surface area contributed by atoms with Gasteiger partial charge in [0.1, 0.15) is 0 Å². The molecule has 14 heavy (non-hydrogen) atoms. The first-order valence-corrected chi connectivity index (χ1v) is 5.17. The summed E-state index contributed by atoms with van der Waals surface area (Å²) in [5, 5.41) is 8.89. The number of urea groups is 1. The molecule has 4 nitrogen and oxygen atoms in total. The molecule has 0 saturated heterocycles. The van der Waals surface area contributed by atoms with E-state index in [0.29, 0.717) is 6.54 Å². The number of aliphatic hydroxyl groups is 1. The summed E-state index contributed by atoms with van der Waals surface area (Å²) in [6.07, 6.45) is 1.85. The van der Waals surface area contributed by atoms with Crippen LogP contribution in [0.1, 0.15) is 26.7 Å². The monoisotopic (exact) mass is 202 g/mol. The van der Waals surface area contributed by atoms with E-state index in [0.717, 1.165) is 12.8 Å². The van der Waals surface area contributed by atoms with Crippen molar-refractivity contribution in [2.75, 3.05) is 27.2 Å². The third kappa shape index (κ3) is 3.54. The van der Waals surface area contributed by atoms with Gasteiger partial charge in [0.15, 0.2) is 0 Å². The molecule has 0 aromatic heterocycles. The Labute approximate surface area is 86.5 Å². The van der Waals surface area contributed by atoms with Crippen LogP contribution in [-0.4, -0.2) is 54.2 Å². The Morgan fingerprint density at radius 3 is 2.07 bits per heavy atom. The van der Waals surface area contributed by atoms with Crippen molar-refractivity contribution in [1.82, 2.24) is 9.80 Å². The molecule has 4 heteroatoms. The number of aliphatic hydroxyl groups excluding tert-OH is 1. The molecule has 0 atom stereocenters. The molecule has 0 aliphatic rings. The van der Waals surface area contributed by atoms with Crippen molar-refractivity contribution in [3.63, 3.8) is 0 Å². The molecule has 0 spiro atoms. The summed E-state index contributed by atoms with van der Waals surface area (Å²) >= 11 is 0. The van der Waals surface area contributed by atoms with Crippen LogP contribution >= 0.6 is 0 Å². The fraction of sp³-hybridized carbons (Fsp3) is 0.900. The van der Waals surface area contributed by atoms with Crippen molar-refractivity contribution in [2.24, 2.45) is 0 Å². The van der Waals surface area contributed by atoms with E-state index in [1.165, 1.54) is 0 Å². The molecule has 0 heterocycles. The zero-order chi connectivity index (χ0) is 11.1. The van der Waals surface area contributed by atoms with E-state index in [9.17, 15) is 4.79 Å². The SMILES string of the molecule is CCC(CC)N(CCO)C(=O)N(C)C. The van der Waals surface area contributed by atoms with Gasteiger partial charge in [-0.05, 0) is 12.8 Å². The summed E-state index contributed by atoms with van der Waals surface area (Å²) in [7, 11) is 3.46. The van der Waals surface area contributed by atoms with Crippen LogP contribution in [0.15, 0.2) is 0 Å². The minimum atomic E-state index is -0.0206. The van der Waals surface area contributed by atoms with Crippen LogP contribution in [0.5, 0.6) is 0 Å². The summed E-state index contributed by atoms with van der Waals surface area (Å²) in [5.74, 6) is 0. The number of carbonyl (C=O) groups excluding carboxylic acids is 1. The smallest absolute Gasteiger partial charge is 0.319 e. The van der Waals surface area contributed by atoms with Crippen LogP contribution in [0.4, 0.5) is 4.79 Å². The predicted octanol–water partition coefficient (Wildman–Crippen LogP) is 1.15. The molecule has 0 aliphatic heterocycles. The van der Waals surface area contributed by atoms with E-state index in [-0.39, 0.29) is 18.7 Å². The van der Waals surface area contributed by atoms with Gasteiger partial charge in [-0.1, -0.05) is 13.8 Å². The second-order valence-electron chi connectivity index (χ2n) is 3.56. The molecule has 84 valence electrons. The Balaban J connectivity index is 4.47. The third-order valence-electron chi connectivity index (χ3n) is 2.35. The van der Waals surface area contributed by atoms with Crippen molar-refractivity contribution < 1.29 is 9.90 Å². The van der Waals surface area contributed by atoms with E-state index < -0.39 is 0 Å². The van der Waals surface area contributed by atoms with Gasteiger partial charge in [-0.25, -0.2) is 4.79 Å². The molecular weight excluding hydrogens is 180 g/mol. The van der Waals surface area contributed by atoms with Gasteiger partial charge in [0, 0.05) is 26.7 Å². The number of nitrogens with zero attached hydrogens (tertiary/aromatic N) is 2. The highest BCUT2D eigenvalue weighted by atomic mass is 16.3. The van der Waals surface area contributed by atoms with Crippen LogP contribution in [0.25, 0.3) is 0 Å². The first-order valence-electron chi connectivity index (χ1n) is 5.17. The van der Waals surface area contributed by atoms with Crippen molar-refractivity contribution in [3.8, 4) is 0 Å². The first-order chi connectivity index (χ1) is 6.58. The summed E-state index contributed by atoms with van der Waals surface area (Å²) in [6, 6.07) is 0.213. The lowest BCUT2D eigenvalue weighted by atomic mass is 10.1. The lowest BCUT2D eigenvalue weighted by molar-refractivity contribution is 0.127. The number of amides is 2. The maximum absolute atomic E-state index is 11.7. The number of carbonyl (C=O) groups is 1. The van der Waals surface area contributed by atoms with Gasteiger partial charge in [-0.2, -0.15) is 0 Å². The fourth-order valence-electron chi connectivity index (χ4n) is 1.53. The summed E-state index contributed by atoms with van der Waals surface area (Å²) < 4.78 is 0. The van der Waals surface area contributed by atoms with Gasteiger partial charge in [0.2, 0.25) is 0 Å². The zero-order valence-corrected chi connectivity index (χ0v) is 9.66. The van der Waals surface area contributed by atoms with Crippen LogP contribution in [0.3, 0.4) is 0 Å². The quantitative estimate of drug-likeness (QED) is 0.727. The zero-order valence-electron chi connectivity index (χ0n) is 9.66. The van der Waals surface area contributed by atoms with E-state index in [4.69, 9.17) is 5.11 Å². The Morgan fingerprint density at radius 1 is 1.29 bits per heavy atom. The molecular formula is C10H22N2O2. The topological polar surface area (TPSA) is 43.8 Å². The lowest BCUT2D eigenvalue weighted by Gasteiger charge is -2.32. The van der Waals surface area contributed by atoms with Crippen LogP contribution < -0.4 is 0 Å². The normalized spacial score (nSPS) is 10.4. The van der Waals surface area contributed by atoms with Gasteiger partial charge < -0.3 is 14.9 Å². The second kappa shape index (κ2) is 6.65. The van der Waals surface area contributed by atoms with Crippen LogP contribution in [-0.2, 0) is 0 Å². The molecule has 0 saturated carbocycles. The van der Waals surface area contributed by atoms with Gasteiger partial charge in [0.05, 0.1) is 6.61 Å². The molecule has 0 bridgehead atoms. The first kappa shape index (κ1) is 13.2. The van der Waals surface area contributed by atoms with Crippen molar-refractivity contribution >= 4 is 6.03 Å². The highest BCUT2D eigenvalue weighted by Gasteiger charge is 2.21. The molecule has 0 aromatic carbocycles. The summed E-state index contributed by atoms with van der Waals surface area (Å²) in [5.41, 5.74) is 0. The second-order valence-corrected chi connectivity index (χ2v) is 3.56. The standard InChI is InChI=1S/C10H22N2O2/c1-5-9(6-2)12(7-8-13)10(14)11(3)4/h9,13H,5-8H2,1-4H3. The van der Waals surface area contributed by atoms with Gasteiger partial charge >= 0.3 is 6.03 Å². The molecule has 2 amide bonds. The fourth-order valence-corrected chi connectivity index (χ4v) is 1.53. The van der Waals surface area contributed by atoms with E-state index in [2.05, 4.69) is 13.8 Å². The van der Waals surface area contributed by atoms with Gasteiger partial charge in [-0.3, -0.25) is 0 Å². The van der Waals surface area contributed by atoms with E-state index >= 15 is 0 Å². The van der Waals surface area contributed by atoms with E-state index in [1.54, 1.807) is 23.9 Å². The minimum absolute atomic E-state index is 0.0206. The maximum atomic E-state index is 11.7. The van der Waals surface area contributed by atoms with E-state index in [1.807, 2.05) is 0 Å². The van der Waals surface area contributed by atoms with Crippen LogP contribution in [0.2, 0.25) is 0 Å². The highest BCUT2D eigenvalue weighted by molar-refractivity contribution is 5.74. The molecule has 0 aromatic rings. The number of hydrogen-bond donors (Lipinski definition) is 1. The Kier molecular flexibility index (Phi) is 6.28. The summed E-state index contributed by atoms with van der Waals surface area (Å²) in [4.78, 5) is 15.0. The Bertz CT molecular complexity index is 168. The highest BCUT2D eigenvalue weighted by Crippen LogP contribution is 2.09. The Morgan fingerprint density at radius 2 is 1.79 bits per heavy atom. The van der Waals surface area contributed by atoms with Crippen molar-refractivity contribution in [1.29, 1.82) is 0 Å². The summed E-state index contributed by atoms with van der Waals surface area (Å²) in [6.45, 7) is 4.56. The molecule has 0 unspecified atom stereocenters. The average Bonchev–Trinajstić information content (AvgIpc) is 2.17. The predicted molar refractivity (Wildman–Crippen MR) is 57.2 cm³/mol. The van der Waals surface area contributed by atoms with Crippen LogP contribution in [0, 0.1) is 0 Å². The maximum Gasteiger partial charge on any atom is 0.319 e. The van der Waals surface area contributed by atoms with Crippen molar-refractivity contribution in [2.45, 2.75) is 32.7 Å². The van der Waals surface area contributed by atoms with Gasteiger partial charge in [0.25, 0.3) is 0 Å². The Hall–Kier alpha value is -0.770. The molecule has 1 N–H and O–H groups in total. The molecule has 0 fully saturated rings. The largest absolute Gasteiger partial charge is 0.395 e. The van der Waals surface area contributed by atoms with Gasteiger partial charge in [-0.15, -0.1) is 0 Å². The molecule has 0 radical (unpaired) electrons. The number of rotatable bonds is 5. The van der Waals surface area contributed by atoms with Crippen molar-refractivity contribution in [3.05, 3.63) is 0 Å². The lowest BCUT2D eigenvalue weighted by Crippen LogP contribution is -2.46. The average molecular weight is 202 g/mol.